The zero-order chi connectivity index (χ0) is 13.4. The number of imidazole rings is 1. The average Bonchev–Trinajstić information content (AvgIpc) is 2.71. The summed E-state index contributed by atoms with van der Waals surface area (Å²) in [7, 11) is 1.77. The van der Waals surface area contributed by atoms with Crippen LogP contribution >= 0.6 is 0 Å². The van der Waals surface area contributed by atoms with Gasteiger partial charge in [0.25, 0.3) is 5.56 Å². The summed E-state index contributed by atoms with van der Waals surface area (Å²) in [5.41, 5.74) is 3.72. The third kappa shape index (κ3) is 2.23. The summed E-state index contributed by atoms with van der Waals surface area (Å²) in [5.74, 6) is 1.06. The number of aryl methyl sites for hydroxylation is 3. The molecule has 100 valence electrons. The van der Waals surface area contributed by atoms with Gasteiger partial charge in [-0.05, 0) is 44.2 Å². The number of hydrogen-bond acceptors (Lipinski definition) is 2. The highest BCUT2D eigenvalue weighted by Crippen LogP contribution is 2.22. The number of pyridine rings is 1. The first kappa shape index (κ1) is 12.2. The van der Waals surface area contributed by atoms with Gasteiger partial charge in [0.1, 0.15) is 5.82 Å². The van der Waals surface area contributed by atoms with Gasteiger partial charge in [-0.15, -0.1) is 0 Å². The Morgan fingerprint density at radius 1 is 1.32 bits per heavy atom. The molecule has 0 saturated carbocycles. The molecular weight excluding hydrogens is 238 g/mol. The third-order valence-electron chi connectivity index (χ3n) is 3.93. The first-order valence-electron chi connectivity index (χ1n) is 6.85. The Hall–Kier alpha value is -1.84. The minimum absolute atomic E-state index is 0.0455. The normalized spacial score (nSPS) is 14.4. The summed E-state index contributed by atoms with van der Waals surface area (Å²) in [6.07, 6.45) is 6.53. The van der Waals surface area contributed by atoms with E-state index >= 15 is 0 Å². The van der Waals surface area contributed by atoms with E-state index in [1.54, 1.807) is 17.7 Å². The van der Waals surface area contributed by atoms with Crippen LogP contribution in [0.25, 0.3) is 0 Å². The fraction of sp³-hybridized carbons (Fsp3) is 0.467. The molecule has 0 fully saturated rings. The van der Waals surface area contributed by atoms with Gasteiger partial charge in [0.05, 0.1) is 5.69 Å². The fourth-order valence-corrected chi connectivity index (χ4v) is 2.82. The maximum atomic E-state index is 11.7. The van der Waals surface area contributed by atoms with E-state index < -0.39 is 0 Å². The van der Waals surface area contributed by atoms with Gasteiger partial charge in [0.15, 0.2) is 0 Å². The van der Waals surface area contributed by atoms with Gasteiger partial charge < -0.3 is 9.13 Å². The van der Waals surface area contributed by atoms with Crippen molar-refractivity contribution in [1.29, 1.82) is 0 Å². The van der Waals surface area contributed by atoms with Crippen LogP contribution in [-0.2, 0) is 26.4 Å². The lowest BCUT2D eigenvalue weighted by Gasteiger charge is -2.15. The van der Waals surface area contributed by atoms with E-state index in [0.717, 1.165) is 30.8 Å². The molecule has 19 heavy (non-hydrogen) atoms. The smallest absolute Gasteiger partial charge is 0.250 e. The van der Waals surface area contributed by atoms with Gasteiger partial charge in [0, 0.05) is 31.5 Å². The topological polar surface area (TPSA) is 39.8 Å². The highest BCUT2D eigenvalue weighted by molar-refractivity contribution is 5.22. The molecule has 0 saturated heterocycles. The van der Waals surface area contributed by atoms with Crippen molar-refractivity contribution < 1.29 is 0 Å². The van der Waals surface area contributed by atoms with Gasteiger partial charge in [-0.3, -0.25) is 4.79 Å². The molecule has 0 bridgehead atoms. The second-order valence-corrected chi connectivity index (χ2v) is 5.33. The second-order valence-electron chi connectivity index (χ2n) is 5.33. The minimum Gasteiger partial charge on any atom is -0.328 e. The lowest BCUT2D eigenvalue weighted by atomic mass is 10.0. The highest BCUT2D eigenvalue weighted by Gasteiger charge is 2.17. The van der Waals surface area contributed by atoms with E-state index in [0.29, 0.717) is 0 Å². The van der Waals surface area contributed by atoms with Crippen LogP contribution in [0, 0.1) is 6.92 Å². The number of aromatic nitrogens is 3. The SMILES string of the molecule is Cc1nc2c(n1Cc1ccn(C)c(=O)c1)CCCC2. The van der Waals surface area contributed by atoms with Gasteiger partial charge in [-0.25, -0.2) is 4.98 Å². The van der Waals surface area contributed by atoms with Crippen LogP contribution in [0.4, 0.5) is 0 Å². The minimum atomic E-state index is 0.0455. The second kappa shape index (κ2) is 4.68. The van der Waals surface area contributed by atoms with Crippen LogP contribution < -0.4 is 5.56 Å². The molecular formula is C15H19N3O. The van der Waals surface area contributed by atoms with Crippen molar-refractivity contribution >= 4 is 0 Å². The molecule has 3 rings (SSSR count). The molecule has 0 N–H and O–H groups in total. The maximum absolute atomic E-state index is 11.7. The largest absolute Gasteiger partial charge is 0.328 e. The van der Waals surface area contributed by atoms with Crippen molar-refractivity contribution in [2.45, 2.75) is 39.2 Å². The van der Waals surface area contributed by atoms with Gasteiger partial charge >= 0.3 is 0 Å². The summed E-state index contributed by atoms with van der Waals surface area (Å²) in [6.45, 7) is 2.81. The van der Waals surface area contributed by atoms with E-state index in [-0.39, 0.29) is 5.56 Å². The maximum Gasteiger partial charge on any atom is 0.250 e. The molecule has 2 heterocycles. The van der Waals surface area contributed by atoms with Crippen LogP contribution in [0.1, 0.15) is 35.6 Å². The summed E-state index contributed by atoms with van der Waals surface area (Å²) >= 11 is 0. The molecule has 4 nitrogen and oxygen atoms in total. The van der Waals surface area contributed by atoms with Crippen molar-refractivity contribution in [1.82, 2.24) is 14.1 Å². The van der Waals surface area contributed by atoms with Crippen molar-refractivity contribution in [3.63, 3.8) is 0 Å². The molecule has 0 atom stereocenters. The molecule has 2 aromatic rings. The van der Waals surface area contributed by atoms with Crippen LogP contribution in [0.3, 0.4) is 0 Å². The highest BCUT2D eigenvalue weighted by atomic mass is 16.1. The molecule has 0 aliphatic heterocycles. The molecule has 0 amide bonds. The first-order valence-corrected chi connectivity index (χ1v) is 6.85. The van der Waals surface area contributed by atoms with Crippen molar-refractivity contribution in [2.75, 3.05) is 0 Å². The Morgan fingerprint density at radius 2 is 2.11 bits per heavy atom. The van der Waals surface area contributed by atoms with Gasteiger partial charge in [-0.2, -0.15) is 0 Å². The predicted octanol–water partition coefficient (Wildman–Crippen LogP) is 1.82. The van der Waals surface area contributed by atoms with Gasteiger partial charge in [-0.1, -0.05) is 0 Å². The summed E-state index contributed by atoms with van der Waals surface area (Å²) < 4.78 is 3.86. The first-order chi connectivity index (χ1) is 9.15. The van der Waals surface area contributed by atoms with Crippen LogP contribution in [0.15, 0.2) is 23.1 Å². The standard InChI is InChI=1S/C15H19N3O/c1-11-16-13-5-3-4-6-14(13)18(11)10-12-7-8-17(2)15(19)9-12/h7-9H,3-6,10H2,1-2H3. The molecule has 0 radical (unpaired) electrons. The number of rotatable bonds is 2. The predicted molar refractivity (Wildman–Crippen MR) is 74.4 cm³/mol. The van der Waals surface area contributed by atoms with E-state index in [2.05, 4.69) is 16.5 Å². The Morgan fingerprint density at radius 3 is 2.89 bits per heavy atom. The van der Waals surface area contributed by atoms with Crippen molar-refractivity contribution in [2.24, 2.45) is 7.05 Å². The number of nitrogens with zero attached hydrogens (tertiary/aromatic N) is 3. The molecule has 4 heteroatoms. The van der Waals surface area contributed by atoms with Crippen molar-refractivity contribution in [3.05, 3.63) is 51.5 Å². The summed E-state index contributed by atoms with van der Waals surface area (Å²) in [6, 6.07) is 3.73. The van der Waals surface area contributed by atoms with E-state index in [1.165, 1.54) is 24.2 Å². The molecule has 2 aromatic heterocycles. The van der Waals surface area contributed by atoms with E-state index in [9.17, 15) is 4.79 Å². The fourth-order valence-electron chi connectivity index (χ4n) is 2.82. The lowest BCUT2D eigenvalue weighted by molar-refractivity contribution is 0.623. The van der Waals surface area contributed by atoms with Crippen LogP contribution in [0.5, 0.6) is 0 Å². The number of fused-ring (bicyclic) bond motifs is 1. The summed E-state index contributed by atoms with van der Waals surface area (Å²) in [4.78, 5) is 16.3. The Kier molecular flexibility index (Phi) is 3.01. The molecule has 0 aromatic carbocycles. The molecule has 0 unspecified atom stereocenters. The summed E-state index contributed by atoms with van der Waals surface area (Å²) in [5, 5.41) is 0. The van der Waals surface area contributed by atoms with Crippen LogP contribution in [-0.4, -0.2) is 14.1 Å². The van der Waals surface area contributed by atoms with E-state index in [1.807, 2.05) is 12.3 Å². The van der Waals surface area contributed by atoms with Crippen LogP contribution in [0.2, 0.25) is 0 Å². The third-order valence-corrected chi connectivity index (χ3v) is 3.93. The average molecular weight is 257 g/mol. The van der Waals surface area contributed by atoms with Crippen molar-refractivity contribution in [3.8, 4) is 0 Å². The number of hydrogen-bond donors (Lipinski definition) is 0. The van der Waals surface area contributed by atoms with Gasteiger partial charge in [0.2, 0.25) is 0 Å². The molecule has 0 spiro atoms. The Balaban J connectivity index is 1.96. The quantitative estimate of drug-likeness (QED) is 0.823. The molecule has 1 aliphatic carbocycles. The Labute approximate surface area is 112 Å². The molecule has 1 aliphatic rings. The van der Waals surface area contributed by atoms with E-state index in [4.69, 9.17) is 0 Å². The Bertz CT molecular complexity index is 667. The zero-order valence-corrected chi connectivity index (χ0v) is 11.5. The monoisotopic (exact) mass is 257 g/mol. The zero-order valence-electron chi connectivity index (χ0n) is 11.5. The lowest BCUT2D eigenvalue weighted by Crippen LogP contribution is -2.17.